The minimum atomic E-state index is -0.138. The highest BCUT2D eigenvalue weighted by atomic mass is 16.5. The number of hydrogen-bond donors (Lipinski definition) is 2. The van der Waals surface area contributed by atoms with Crippen molar-refractivity contribution in [1.82, 2.24) is 4.90 Å². The van der Waals surface area contributed by atoms with E-state index in [1.807, 2.05) is 6.07 Å². The smallest absolute Gasteiger partial charge is 0.225 e. The number of para-hydroxylation sites is 1. The SMILES string of the molecule is N#Cc1ccccc1NC(=O)CCN1CCOCC1CO. The number of nitrogens with one attached hydrogen (secondary N) is 1. The van der Waals surface area contributed by atoms with E-state index < -0.39 is 0 Å². The Bertz CT molecular complexity index is 527. The third-order valence-electron chi connectivity index (χ3n) is 3.51. The Balaban J connectivity index is 1.86. The summed E-state index contributed by atoms with van der Waals surface area (Å²) in [5.41, 5.74) is 0.983. The number of morpholine rings is 1. The molecule has 0 spiro atoms. The van der Waals surface area contributed by atoms with E-state index in [9.17, 15) is 9.90 Å². The number of anilines is 1. The molecule has 2 N–H and O–H groups in total. The van der Waals surface area contributed by atoms with Gasteiger partial charge in [-0.15, -0.1) is 0 Å². The summed E-state index contributed by atoms with van der Waals surface area (Å²) in [6.07, 6.45) is 0.316. The van der Waals surface area contributed by atoms with E-state index in [1.165, 1.54) is 0 Å². The summed E-state index contributed by atoms with van der Waals surface area (Å²) in [5.74, 6) is -0.138. The third kappa shape index (κ3) is 4.26. The number of nitrogens with zero attached hydrogens (tertiary/aromatic N) is 2. The van der Waals surface area contributed by atoms with Gasteiger partial charge < -0.3 is 15.2 Å². The van der Waals surface area contributed by atoms with Gasteiger partial charge in [-0.1, -0.05) is 12.1 Å². The van der Waals surface area contributed by atoms with Crippen molar-refractivity contribution < 1.29 is 14.6 Å². The number of benzene rings is 1. The maximum absolute atomic E-state index is 12.0. The summed E-state index contributed by atoms with van der Waals surface area (Å²) in [6.45, 7) is 2.42. The Labute approximate surface area is 123 Å². The number of aliphatic hydroxyl groups is 1. The standard InChI is InChI=1S/C15H19N3O3/c16-9-12-3-1-2-4-14(12)17-15(20)5-6-18-7-8-21-11-13(18)10-19/h1-4,13,19H,5-8,10-11H2,(H,17,20). The molecule has 21 heavy (non-hydrogen) atoms. The van der Waals surface area contributed by atoms with Gasteiger partial charge in [-0.05, 0) is 12.1 Å². The van der Waals surface area contributed by atoms with Gasteiger partial charge in [-0.3, -0.25) is 9.69 Å². The lowest BCUT2D eigenvalue weighted by Crippen LogP contribution is -2.48. The first-order chi connectivity index (χ1) is 10.2. The molecule has 0 aromatic heterocycles. The van der Waals surface area contributed by atoms with Crippen LogP contribution in [-0.2, 0) is 9.53 Å². The lowest BCUT2D eigenvalue weighted by atomic mass is 10.2. The number of ether oxygens (including phenoxy) is 1. The molecule has 1 fully saturated rings. The van der Waals surface area contributed by atoms with Gasteiger partial charge in [0.25, 0.3) is 0 Å². The van der Waals surface area contributed by atoms with Gasteiger partial charge >= 0.3 is 0 Å². The van der Waals surface area contributed by atoms with Crippen LogP contribution in [0.2, 0.25) is 0 Å². The van der Waals surface area contributed by atoms with E-state index in [0.717, 1.165) is 0 Å². The molecule has 1 saturated heterocycles. The predicted octanol–water partition coefficient (Wildman–Crippen LogP) is 0.580. The van der Waals surface area contributed by atoms with Crippen molar-refractivity contribution in [2.45, 2.75) is 12.5 Å². The molecule has 1 amide bonds. The van der Waals surface area contributed by atoms with Gasteiger partial charge in [-0.2, -0.15) is 5.26 Å². The zero-order chi connectivity index (χ0) is 15.1. The second-order valence-corrected chi connectivity index (χ2v) is 4.90. The maximum Gasteiger partial charge on any atom is 0.225 e. The highest BCUT2D eigenvalue weighted by Crippen LogP contribution is 2.14. The topological polar surface area (TPSA) is 85.6 Å². The fraction of sp³-hybridized carbons (Fsp3) is 0.467. The molecule has 0 saturated carbocycles. The van der Waals surface area contributed by atoms with Crippen LogP contribution in [0.4, 0.5) is 5.69 Å². The van der Waals surface area contributed by atoms with E-state index in [1.54, 1.807) is 24.3 Å². The molecule has 0 aliphatic carbocycles. The minimum absolute atomic E-state index is 0.0267. The summed E-state index contributed by atoms with van der Waals surface area (Å²) in [4.78, 5) is 14.0. The van der Waals surface area contributed by atoms with Crippen LogP contribution >= 0.6 is 0 Å². The van der Waals surface area contributed by atoms with Crippen LogP contribution in [-0.4, -0.2) is 54.9 Å². The zero-order valence-electron chi connectivity index (χ0n) is 11.8. The molecular formula is C15H19N3O3. The molecule has 1 heterocycles. The lowest BCUT2D eigenvalue weighted by molar-refractivity contribution is -0.117. The van der Waals surface area contributed by atoms with Crippen LogP contribution < -0.4 is 5.32 Å². The monoisotopic (exact) mass is 289 g/mol. The Morgan fingerprint density at radius 1 is 1.52 bits per heavy atom. The average molecular weight is 289 g/mol. The first kappa shape index (κ1) is 15.4. The summed E-state index contributed by atoms with van der Waals surface area (Å²) in [7, 11) is 0. The zero-order valence-corrected chi connectivity index (χ0v) is 11.8. The highest BCUT2D eigenvalue weighted by molar-refractivity contribution is 5.92. The molecule has 0 radical (unpaired) electrons. The first-order valence-electron chi connectivity index (χ1n) is 6.96. The molecule has 1 unspecified atom stereocenters. The summed E-state index contributed by atoms with van der Waals surface area (Å²) < 4.78 is 5.30. The van der Waals surface area contributed by atoms with Crippen LogP contribution in [0.15, 0.2) is 24.3 Å². The van der Waals surface area contributed by atoms with Crippen molar-refractivity contribution in [2.24, 2.45) is 0 Å². The predicted molar refractivity (Wildman–Crippen MR) is 77.7 cm³/mol. The van der Waals surface area contributed by atoms with Crippen molar-refractivity contribution in [1.29, 1.82) is 5.26 Å². The number of amides is 1. The largest absolute Gasteiger partial charge is 0.395 e. The number of hydrogen-bond acceptors (Lipinski definition) is 5. The van der Waals surface area contributed by atoms with Gasteiger partial charge in [0.15, 0.2) is 0 Å². The highest BCUT2D eigenvalue weighted by Gasteiger charge is 2.22. The van der Waals surface area contributed by atoms with E-state index in [0.29, 0.717) is 44.0 Å². The van der Waals surface area contributed by atoms with Crippen LogP contribution in [0.1, 0.15) is 12.0 Å². The van der Waals surface area contributed by atoms with Gasteiger partial charge in [0.1, 0.15) is 6.07 Å². The maximum atomic E-state index is 12.0. The molecule has 112 valence electrons. The first-order valence-corrected chi connectivity index (χ1v) is 6.96. The van der Waals surface area contributed by atoms with Crippen molar-refractivity contribution in [3.05, 3.63) is 29.8 Å². The molecule has 1 atom stereocenters. The minimum Gasteiger partial charge on any atom is -0.395 e. The Kier molecular flexibility index (Phi) is 5.69. The molecule has 1 aromatic carbocycles. The number of carbonyl (C=O) groups is 1. The Morgan fingerprint density at radius 3 is 3.10 bits per heavy atom. The Morgan fingerprint density at radius 2 is 2.33 bits per heavy atom. The van der Waals surface area contributed by atoms with Crippen LogP contribution in [0.25, 0.3) is 0 Å². The third-order valence-corrected chi connectivity index (χ3v) is 3.51. The average Bonchev–Trinajstić information content (AvgIpc) is 2.53. The second-order valence-electron chi connectivity index (χ2n) is 4.90. The molecule has 6 heteroatoms. The van der Waals surface area contributed by atoms with E-state index in [-0.39, 0.29) is 18.6 Å². The molecule has 1 aromatic rings. The molecule has 1 aliphatic heterocycles. The molecule has 1 aliphatic rings. The van der Waals surface area contributed by atoms with Gasteiger partial charge in [-0.25, -0.2) is 0 Å². The lowest BCUT2D eigenvalue weighted by Gasteiger charge is -2.34. The normalized spacial score (nSPS) is 19.0. The molecule has 2 rings (SSSR count). The fourth-order valence-electron chi connectivity index (χ4n) is 2.30. The van der Waals surface area contributed by atoms with E-state index in [2.05, 4.69) is 10.2 Å². The summed E-state index contributed by atoms with van der Waals surface area (Å²) >= 11 is 0. The Hall–Kier alpha value is -1.94. The molecule has 6 nitrogen and oxygen atoms in total. The van der Waals surface area contributed by atoms with Crippen molar-refractivity contribution in [3.63, 3.8) is 0 Å². The van der Waals surface area contributed by atoms with Crippen LogP contribution in [0, 0.1) is 11.3 Å². The van der Waals surface area contributed by atoms with Gasteiger partial charge in [0, 0.05) is 19.5 Å². The fourth-order valence-corrected chi connectivity index (χ4v) is 2.30. The number of carbonyl (C=O) groups excluding carboxylic acids is 1. The van der Waals surface area contributed by atoms with Crippen molar-refractivity contribution >= 4 is 11.6 Å². The molecular weight excluding hydrogens is 270 g/mol. The van der Waals surface area contributed by atoms with Crippen molar-refractivity contribution in [3.8, 4) is 6.07 Å². The number of nitriles is 1. The van der Waals surface area contributed by atoms with E-state index >= 15 is 0 Å². The molecule has 0 bridgehead atoms. The van der Waals surface area contributed by atoms with Crippen molar-refractivity contribution in [2.75, 3.05) is 38.2 Å². The van der Waals surface area contributed by atoms with Crippen LogP contribution in [0.5, 0.6) is 0 Å². The second kappa shape index (κ2) is 7.74. The quantitative estimate of drug-likeness (QED) is 0.828. The van der Waals surface area contributed by atoms with Gasteiger partial charge in [0.05, 0.1) is 37.1 Å². The summed E-state index contributed by atoms with van der Waals surface area (Å²) in [6, 6.07) is 8.92. The van der Waals surface area contributed by atoms with E-state index in [4.69, 9.17) is 10.00 Å². The van der Waals surface area contributed by atoms with Crippen LogP contribution in [0.3, 0.4) is 0 Å². The summed E-state index contributed by atoms with van der Waals surface area (Å²) in [5, 5.41) is 21.0. The number of aliphatic hydroxyl groups excluding tert-OH is 1. The number of rotatable bonds is 5. The van der Waals surface area contributed by atoms with Gasteiger partial charge in [0.2, 0.25) is 5.91 Å².